The highest BCUT2D eigenvalue weighted by molar-refractivity contribution is 5.79. The van der Waals surface area contributed by atoms with Crippen LogP contribution in [0.1, 0.15) is 22.3 Å². The van der Waals surface area contributed by atoms with Crippen LogP contribution in [0.5, 0.6) is 5.75 Å². The van der Waals surface area contributed by atoms with Crippen LogP contribution in [-0.4, -0.2) is 27.8 Å². The van der Waals surface area contributed by atoms with E-state index in [1.807, 2.05) is 49.4 Å². The van der Waals surface area contributed by atoms with E-state index in [-0.39, 0.29) is 5.91 Å². The molecule has 1 heterocycles. The van der Waals surface area contributed by atoms with E-state index in [0.717, 1.165) is 28.0 Å². The number of nitrogens with one attached hydrogen (secondary N) is 1. The SMILES string of the molecule is COc1ccc(C)cc1CC(=O)NCc1ccc(Cn2cncn2)cc1. The first kappa shape index (κ1) is 17.7. The molecule has 0 spiro atoms. The van der Waals surface area contributed by atoms with Crippen LogP contribution in [-0.2, 0) is 24.3 Å². The maximum absolute atomic E-state index is 12.3. The summed E-state index contributed by atoms with van der Waals surface area (Å²) in [6.45, 7) is 3.18. The smallest absolute Gasteiger partial charge is 0.224 e. The quantitative estimate of drug-likeness (QED) is 0.711. The molecule has 0 saturated heterocycles. The predicted molar refractivity (Wildman–Crippen MR) is 98.8 cm³/mol. The van der Waals surface area contributed by atoms with Crippen molar-refractivity contribution in [3.8, 4) is 5.75 Å². The number of methoxy groups -OCH3 is 1. The van der Waals surface area contributed by atoms with Gasteiger partial charge in [0, 0.05) is 12.1 Å². The number of carbonyl (C=O) groups is 1. The third-order valence-corrected chi connectivity index (χ3v) is 4.11. The molecular weight excluding hydrogens is 328 g/mol. The van der Waals surface area contributed by atoms with Gasteiger partial charge in [-0.1, -0.05) is 42.0 Å². The lowest BCUT2D eigenvalue weighted by Gasteiger charge is -2.10. The van der Waals surface area contributed by atoms with Gasteiger partial charge in [-0.25, -0.2) is 9.67 Å². The van der Waals surface area contributed by atoms with Crippen molar-refractivity contribution < 1.29 is 9.53 Å². The molecule has 1 aromatic heterocycles. The first-order valence-electron chi connectivity index (χ1n) is 8.44. The average Bonchev–Trinajstić information content (AvgIpc) is 3.14. The van der Waals surface area contributed by atoms with Gasteiger partial charge in [-0.2, -0.15) is 5.10 Å². The third-order valence-electron chi connectivity index (χ3n) is 4.11. The number of rotatable bonds is 7. The van der Waals surface area contributed by atoms with E-state index in [1.165, 1.54) is 6.33 Å². The van der Waals surface area contributed by atoms with Crippen molar-refractivity contribution in [1.29, 1.82) is 0 Å². The van der Waals surface area contributed by atoms with Gasteiger partial charge in [-0.3, -0.25) is 4.79 Å². The minimum atomic E-state index is -0.0272. The van der Waals surface area contributed by atoms with E-state index in [4.69, 9.17) is 4.74 Å². The summed E-state index contributed by atoms with van der Waals surface area (Å²) in [7, 11) is 1.62. The summed E-state index contributed by atoms with van der Waals surface area (Å²) in [6.07, 6.45) is 3.51. The first-order chi connectivity index (χ1) is 12.6. The van der Waals surface area contributed by atoms with Crippen molar-refractivity contribution in [2.75, 3.05) is 7.11 Å². The van der Waals surface area contributed by atoms with Gasteiger partial charge in [0.05, 0.1) is 20.1 Å². The fourth-order valence-electron chi connectivity index (χ4n) is 2.75. The van der Waals surface area contributed by atoms with Crippen LogP contribution in [0, 0.1) is 6.92 Å². The van der Waals surface area contributed by atoms with Crippen LogP contribution >= 0.6 is 0 Å². The Kier molecular flexibility index (Phi) is 5.63. The second kappa shape index (κ2) is 8.29. The molecule has 0 saturated carbocycles. The van der Waals surface area contributed by atoms with Crippen molar-refractivity contribution in [3.63, 3.8) is 0 Å². The normalized spacial score (nSPS) is 10.5. The summed E-state index contributed by atoms with van der Waals surface area (Å²) < 4.78 is 7.10. The number of nitrogens with zero attached hydrogens (tertiary/aromatic N) is 3. The van der Waals surface area contributed by atoms with Crippen molar-refractivity contribution in [2.45, 2.75) is 26.4 Å². The number of hydrogen-bond acceptors (Lipinski definition) is 4. The maximum Gasteiger partial charge on any atom is 0.224 e. The van der Waals surface area contributed by atoms with Crippen molar-refractivity contribution in [2.24, 2.45) is 0 Å². The van der Waals surface area contributed by atoms with Gasteiger partial charge >= 0.3 is 0 Å². The largest absolute Gasteiger partial charge is 0.496 e. The standard InChI is InChI=1S/C20H22N4O2/c1-15-3-8-19(26-2)18(9-15)10-20(25)22-11-16-4-6-17(7-5-16)12-24-14-21-13-23-24/h3-9,13-14H,10-12H2,1-2H3,(H,22,25). The molecule has 0 fully saturated rings. The van der Waals surface area contributed by atoms with E-state index in [9.17, 15) is 4.79 Å². The molecule has 6 nitrogen and oxygen atoms in total. The Hall–Kier alpha value is -3.15. The van der Waals surface area contributed by atoms with Crippen LogP contribution < -0.4 is 10.1 Å². The molecule has 0 radical (unpaired) electrons. The average molecular weight is 350 g/mol. The van der Waals surface area contributed by atoms with Gasteiger partial charge in [-0.15, -0.1) is 0 Å². The van der Waals surface area contributed by atoms with Crippen LogP contribution in [0.4, 0.5) is 0 Å². The minimum absolute atomic E-state index is 0.0272. The van der Waals surface area contributed by atoms with Crippen molar-refractivity contribution in [3.05, 3.63) is 77.4 Å². The van der Waals surface area contributed by atoms with Crippen LogP contribution in [0.2, 0.25) is 0 Å². The zero-order valence-corrected chi connectivity index (χ0v) is 15.0. The predicted octanol–water partition coefficient (Wildman–Crippen LogP) is 2.50. The maximum atomic E-state index is 12.3. The highest BCUT2D eigenvalue weighted by Crippen LogP contribution is 2.20. The fraction of sp³-hybridized carbons (Fsp3) is 0.250. The Labute approximate surface area is 152 Å². The number of aryl methyl sites for hydroxylation is 1. The van der Waals surface area contributed by atoms with E-state index < -0.39 is 0 Å². The number of aromatic nitrogens is 3. The summed E-state index contributed by atoms with van der Waals surface area (Å²) in [5.74, 6) is 0.712. The monoisotopic (exact) mass is 350 g/mol. The van der Waals surface area contributed by atoms with Crippen molar-refractivity contribution >= 4 is 5.91 Å². The Balaban J connectivity index is 1.54. The Morgan fingerprint density at radius 1 is 1.15 bits per heavy atom. The summed E-state index contributed by atoms with van der Waals surface area (Å²) in [5, 5.41) is 7.05. The minimum Gasteiger partial charge on any atom is -0.496 e. The van der Waals surface area contributed by atoms with E-state index in [2.05, 4.69) is 15.4 Å². The molecule has 3 rings (SSSR count). The number of benzene rings is 2. The summed E-state index contributed by atoms with van der Waals surface area (Å²) >= 11 is 0. The summed E-state index contributed by atoms with van der Waals surface area (Å²) in [5.41, 5.74) is 4.19. The molecule has 26 heavy (non-hydrogen) atoms. The fourth-order valence-corrected chi connectivity index (χ4v) is 2.75. The Morgan fingerprint density at radius 2 is 1.92 bits per heavy atom. The van der Waals surface area contributed by atoms with E-state index in [1.54, 1.807) is 18.1 Å². The second-order valence-corrected chi connectivity index (χ2v) is 6.18. The van der Waals surface area contributed by atoms with E-state index >= 15 is 0 Å². The van der Waals surface area contributed by atoms with Gasteiger partial charge in [0.25, 0.3) is 0 Å². The molecule has 1 amide bonds. The first-order valence-corrected chi connectivity index (χ1v) is 8.44. The molecule has 3 aromatic rings. The number of hydrogen-bond donors (Lipinski definition) is 1. The van der Waals surface area contributed by atoms with Gasteiger partial charge in [0.2, 0.25) is 5.91 Å². The lowest BCUT2D eigenvalue weighted by atomic mass is 10.1. The van der Waals surface area contributed by atoms with Gasteiger partial charge < -0.3 is 10.1 Å². The molecule has 134 valence electrons. The molecule has 1 N–H and O–H groups in total. The van der Waals surface area contributed by atoms with E-state index in [0.29, 0.717) is 19.5 Å². The number of amides is 1. The molecule has 0 atom stereocenters. The molecule has 0 unspecified atom stereocenters. The van der Waals surface area contributed by atoms with Gasteiger partial charge in [0.1, 0.15) is 18.4 Å². The zero-order valence-electron chi connectivity index (χ0n) is 15.0. The second-order valence-electron chi connectivity index (χ2n) is 6.18. The Morgan fingerprint density at radius 3 is 2.62 bits per heavy atom. The van der Waals surface area contributed by atoms with Gasteiger partial charge in [0.15, 0.2) is 0 Å². The third kappa shape index (κ3) is 4.69. The molecule has 0 aliphatic heterocycles. The number of carbonyl (C=O) groups excluding carboxylic acids is 1. The van der Waals surface area contributed by atoms with Gasteiger partial charge in [-0.05, 0) is 24.1 Å². The topological polar surface area (TPSA) is 69.0 Å². The summed E-state index contributed by atoms with van der Waals surface area (Å²) in [6, 6.07) is 13.9. The highest BCUT2D eigenvalue weighted by atomic mass is 16.5. The van der Waals surface area contributed by atoms with Crippen LogP contribution in [0.15, 0.2) is 55.1 Å². The lowest BCUT2D eigenvalue weighted by molar-refractivity contribution is -0.120. The molecule has 0 aliphatic rings. The number of ether oxygens (including phenoxy) is 1. The molecular formula is C20H22N4O2. The van der Waals surface area contributed by atoms with Crippen LogP contribution in [0.3, 0.4) is 0 Å². The lowest BCUT2D eigenvalue weighted by Crippen LogP contribution is -2.24. The Bertz CT molecular complexity index is 858. The highest BCUT2D eigenvalue weighted by Gasteiger charge is 2.09. The van der Waals surface area contributed by atoms with Crippen LogP contribution in [0.25, 0.3) is 0 Å². The zero-order chi connectivity index (χ0) is 18.4. The molecule has 2 aromatic carbocycles. The summed E-state index contributed by atoms with van der Waals surface area (Å²) in [4.78, 5) is 16.2. The molecule has 6 heteroatoms. The molecule has 0 aliphatic carbocycles. The van der Waals surface area contributed by atoms with Crippen molar-refractivity contribution in [1.82, 2.24) is 20.1 Å². The molecule has 0 bridgehead atoms.